The molecule has 0 radical (unpaired) electrons. The Labute approximate surface area is 184 Å². The molecule has 0 fully saturated rings. The van der Waals surface area contributed by atoms with E-state index in [2.05, 4.69) is 29.9 Å². The normalized spacial score (nSPS) is 15.4. The van der Waals surface area contributed by atoms with E-state index in [0.717, 1.165) is 25.8 Å². The van der Waals surface area contributed by atoms with Crippen molar-refractivity contribution in [3.63, 3.8) is 0 Å². The minimum absolute atomic E-state index is 0.0567. The second-order valence-electron chi connectivity index (χ2n) is 8.21. The molecule has 0 atom stereocenters. The van der Waals surface area contributed by atoms with Gasteiger partial charge >= 0.3 is 0 Å². The molecule has 2 aliphatic rings. The van der Waals surface area contributed by atoms with Crippen LogP contribution in [-0.4, -0.2) is 20.3 Å². The molecule has 4 aromatic rings. The molecule has 0 aromatic carbocycles. The number of allylic oxidation sites excluding steroid dienone is 1. The second kappa shape index (κ2) is 7.93. The maximum absolute atomic E-state index is 11.0. The van der Waals surface area contributed by atoms with Gasteiger partial charge in [-0.2, -0.15) is 0 Å². The summed E-state index contributed by atoms with van der Waals surface area (Å²) < 4.78 is 7.83. The Morgan fingerprint density at radius 2 is 2.13 bits per heavy atom. The predicted molar refractivity (Wildman–Crippen MR) is 123 cm³/mol. The molecule has 7 heteroatoms. The lowest BCUT2D eigenvalue weighted by Gasteiger charge is -2.16. The Hall–Kier alpha value is -2.57. The summed E-state index contributed by atoms with van der Waals surface area (Å²) in [5.74, 6) is 0.753. The molecule has 0 unspecified atom stereocenters. The van der Waals surface area contributed by atoms with Gasteiger partial charge in [-0.3, -0.25) is 4.79 Å². The smallest absolute Gasteiger partial charge is 0.190 e. The molecule has 0 spiro atoms. The van der Waals surface area contributed by atoms with Crippen LogP contribution in [-0.2, 0) is 18.9 Å². The summed E-state index contributed by atoms with van der Waals surface area (Å²) in [7, 11) is 1.96. The average Bonchev–Trinajstić information content (AvgIpc) is 3.49. The fourth-order valence-electron chi connectivity index (χ4n) is 3.84. The van der Waals surface area contributed by atoms with Crippen LogP contribution >= 0.6 is 22.9 Å². The SMILES string of the molecule is CC1(C)CCc2[nH]ccc21.Cc1coc2c1C(=O)C=C2.Cn1cnc2cc(Cl)sc21. The van der Waals surface area contributed by atoms with Crippen molar-refractivity contribution in [2.75, 3.05) is 0 Å². The number of carbonyl (C=O) groups is 1. The van der Waals surface area contributed by atoms with Crippen molar-refractivity contribution in [1.29, 1.82) is 0 Å². The number of rotatable bonds is 0. The number of aromatic amines is 1. The Morgan fingerprint density at radius 1 is 1.33 bits per heavy atom. The van der Waals surface area contributed by atoms with E-state index in [1.807, 2.05) is 30.8 Å². The molecule has 0 amide bonds. The van der Waals surface area contributed by atoms with Crippen LogP contribution in [0.4, 0.5) is 0 Å². The zero-order valence-electron chi connectivity index (χ0n) is 17.5. The summed E-state index contributed by atoms with van der Waals surface area (Å²) in [5, 5.41) is 0. The van der Waals surface area contributed by atoms with Crippen LogP contribution in [0.15, 0.2) is 41.4 Å². The number of nitrogens with one attached hydrogen (secondary N) is 1. The molecule has 0 saturated carbocycles. The summed E-state index contributed by atoms with van der Waals surface area (Å²) in [6, 6.07) is 4.09. The van der Waals surface area contributed by atoms with Gasteiger partial charge in [0.1, 0.15) is 16.1 Å². The molecule has 4 heterocycles. The Bertz CT molecular complexity index is 1240. The number of halogens is 1. The van der Waals surface area contributed by atoms with Gasteiger partial charge in [0.25, 0.3) is 0 Å². The first-order chi connectivity index (χ1) is 14.3. The van der Waals surface area contributed by atoms with Crippen LogP contribution in [0.5, 0.6) is 0 Å². The highest BCUT2D eigenvalue weighted by atomic mass is 35.5. The highest BCUT2D eigenvalue weighted by Crippen LogP contribution is 2.37. The van der Waals surface area contributed by atoms with E-state index >= 15 is 0 Å². The largest absolute Gasteiger partial charge is 0.464 e. The van der Waals surface area contributed by atoms with E-state index in [9.17, 15) is 4.79 Å². The third kappa shape index (κ3) is 3.89. The predicted octanol–water partition coefficient (Wildman–Crippen LogP) is 6.32. The molecule has 156 valence electrons. The van der Waals surface area contributed by atoms with E-state index in [4.69, 9.17) is 16.0 Å². The highest BCUT2D eigenvalue weighted by Gasteiger charge is 2.29. The van der Waals surface area contributed by atoms with Crippen molar-refractivity contribution in [1.82, 2.24) is 14.5 Å². The lowest BCUT2D eigenvalue weighted by molar-refractivity contribution is 0.104. The number of hydrogen-bond donors (Lipinski definition) is 1. The molecule has 4 aromatic heterocycles. The number of ketones is 1. The lowest BCUT2D eigenvalue weighted by Crippen LogP contribution is -2.10. The van der Waals surface area contributed by atoms with Gasteiger partial charge in [0.05, 0.1) is 22.5 Å². The van der Waals surface area contributed by atoms with Gasteiger partial charge in [0.15, 0.2) is 5.78 Å². The van der Waals surface area contributed by atoms with Crippen molar-refractivity contribution in [2.24, 2.45) is 7.05 Å². The quantitative estimate of drug-likeness (QED) is 0.347. The van der Waals surface area contributed by atoms with Gasteiger partial charge < -0.3 is 14.0 Å². The first-order valence-corrected chi connectivity index (χ1v) is 11.0. The average molecular weight is 442 g/mol. The third-order valence-electron chi connectivity index (χ3n) is 5.55. The monoisotopic (exact) mass is 441 g/mol. The molecule has 6 rings (SSSR count). The minimum Gasteiger partial charge on any atom is -0.464 e. The maximum Gasteiger partial charge on any atom is 0.190 e. The van der Waals surface area contributed by atoms with E-state index in [1.54, 1.807) is 30.0 Å². The second-order valence-corrected chi connectivity index (χ2v) is 9.87. The molecule has 2 aliphatic carbocycles. The zero-order valence-corrected chi connectivity index (χ0v) is 19.0. The van der Waals surface area contributed by atoms with Crippen molar-refractivity contribution >= 4 is 45.1 Å². The topological polar surface area (TPSA) is 63.8 Å². The fraction of sp³-hybridized carbons (Fsp3) is 0.304. The van der Waals surface area contributed by atoms with E-state index in [0.29, 0.717) is 11.2 Å². The van der Waals surface area contributed by atoms with Crippen LogP contribution < -0.4 is 0 Å². The van der Waals surface area contributed by atoms with Crippen LogP contribution in [0.25, 0.3) is 16.4 Å². The molecular formula is C23H24ClN3O2S. The summed E-state index contributed by atoms with van der Waals surface area (Å²) in [5.41, 5.74) is 6.02. The Kier molecular flexibility index (Phi) is 5.47. The maximum atomic E-state index is 11.0. The zero-order chi connectivity index (χ0) is 21.5. The number of aryl methyl sites for hydroxylation is 3. The van der Waals surface area contributed by atoms with E-state index < -0.39 is 0 Å². The summed E-state index contributed by atoms with van der Waals surface area (Å²) >= 11 is 7.31. The van der Waals surface area contributed by atoms with Gasteiger partial charge in [-0.1, -0.05) is 25.4 Å². The highest BCUT2D eigenvalue weighted by molar-refractivity contribution is 7.22. The van der Waals surface area contributed by atoms with Crippen molar-refractivity contribution in [3.8, 4) is 0 Å². The number of imidazole rings is 1. The van der Waals surface area contributed by atoms with Crippen LogP contribution in [0.2, 0.25) is 4.34 Å². The molecule has 0 bridgehead atoms. The Morgan fingerprint density at radius 3 is 2.83 bits per heavy atom. The van der Waals surface area contributed by atoms with Crippen LogP contribution in [0.1, 0.15) is 53.2 Å². The van der Waals surface area contributed by atoms with Gasteiger partial charge in [0.2, 0.25) is 0 Å². The molecular weight excluding hydrogens is 418 g/mol. The number of fused-ring (bicyclic) bond motifs is 3. The van der Waals surface area contributed by atoms with Crippen molar-refractivity contribution in [2.45, 2.75) is 39.0 Å². The molecule has 0 saturated heterocycles. The number of carbonyl (C=O) groups excluding carboxylic acids is 1. The molecule has 0 aliphatic heterocycles. The summed E-state index contributed by atoms with van der Waals surface area (Å²) in [4.78, 5) is 19.5. The van der Waals surface area contributed by atoms with Gasteiger partial charge in [-0.05, 0) is 60.6 Å². The third-order valence-corrected chi connectivity index (χ3v) is 6.90. The fourth-order valence-corrected chi connectivity index (χ4v) is 4.93. The molecule has 1 N–H and O–H groups in total. The van der Waals surface area contributed by atoms with Gasteiger partial charge in [-0.25, -0.2) is 4.98 Å². The van der Waals surface area contributed by atoms with Gasteiger partial charge in [-0.15, -0.1) is 11.3 Å². The van der Waals surface area contributed by atoms with Crippen LogP contribution in [0, 0.1) is 6.92 Å². The number of thiophene rings is 1. The molecule has 5 nitrogen and oxygen atoms in total. The first-order valence-electron chi connectivity index (χ1n) is 9.80. The van der Waals surface area contributed by atoms with Crippen molar-refractivity contribution in [3.05, 3.63) is 69.5 Å². The number of furan rings is 1. The van der Waals surface area contributed by atoms with E-state index in [1.165, 1.54) is 30.2 Å². The molecule has 30 heavy (non-hydrogen) atoms. The first kappa shape index (κ1) is 20.7. The lowest BCUT2D eigenvalue weighted by atomic mass is 9.88. The number of nitrogens with zero attached hydrogens (tertiary/aromatic N) is 2. The standard InChI is InChI=1S/C9H13N.C8H6O2.C6H5ClN2S/c1-9(2)5-3-8-7(9)4-6-10-8;1-5-4-10-7-3-2-6(9)8(5)7;1-9-3-8-4-2-5(7)10-6(4)9/h4,6,10H,3,5H2,1-2H3;2-4H,1H3;2-3H,1H3. The number of aromatic nitrogens is 3. The van der Waals surface area contributed by atoms with Gasteiger partial charge in [0, 0.05) is 18.9 Å². The summed E-state index contributed by atoms with van der Waals surface area (Å²) in [6.45, 7) is 6.49. The summed E-state index contributed by atoms with van der Waals surface area (Å²) in [6.07, 6.45) is 11.2. The minimum atomic E-state index is 0.0567. The van der Waals surface area contributed by atoms with Crippen molar-refractivity contribution < 1.29 is 9.21 Å². The Balaban J connectivity index is 0.000000109. The number of H-pyrrole nitrogens is 1. The van der Waals surface area contributed by atoms with Crippen LogP contribution in [0.3, 0.4) is 0 Å². The van der Waals surface area contributed by atoms with E-state index in [-0.39, 0.29) is 5.78 Å². The number of hydrogen-bond acceptors (Lipinski definition) is 4.